The van der Waals surface area contributed by atoms with E-state index in [1.807, 2.05) is 6.92 Å². The summed E-state index contributed by atoms with van der Waals surface area (Å²) in [5, 5.41) is 11.0. The molecular formula is C14H15ClN2O4. The van der Waals surface area contributed by atoms with Gasteiger partial charge in [0.05, 0.1) is 4.92 Å². The topological polar surface area (TPSA) is 80.5 Å². The molecule has 1 aromatic rings. The van der Waals surface area contributed by atoms with Crippen molar-refractivity contribution in [1.29, 1.82) is 0 Å². The minimum absolute atomic E-state index is 0.109. The predicted octanol–water partition coefficient (Wildman–Crippen LogP) is 3.04. The molecule has 2 rings (SSSR count). The van der Waals surface area contributed by atoms with Crippen LogP contribution in [0.25, 0.3) is 0 Å². The highest BCUT2D eigenvalue weighted by Gasteiger charge is 2.36. The number of amides is 2. The monoisotopic (exact) mass is 310 g/mol. The van der Waals surface area contributed by atoms with E-state index in [-0.39, 0.29) is 22.4 Å². The van der Waals surface area contributed by atoms with Crippen LogP contribution in [0.4, 0.5) is 5.69 Å². The van der Waals surface area contributed by atoms with Gasteiger partial charge in [-0.3, -0.25) is 24.6 Å². The van der Waals surface area contributed by atoms with Crippen LogP contribution in [0.1, 0.15) is 36.5 Å². The molecule has 1 aromatic carbocycles. The third-order valence-electron chi connectivity index (χ3n) is 3.55. The minimum atomic E-state index is -0.695. The van der Waals surface area contributed by atoms with Crippen molar-refractivity contribution in [2.24, 2.45) is 5.92 Å². The second-order valence-electron chi connectivity index (χ2n) is 5.06. The first kappa shape index (κ1) is 15.4. The molecule has 0 aliphatic carbocycles. The van der Waals surface area contributed by atoms with Crippen LogP contribution in [-0.4, -0.2) is 28.2 Å². The van der Waals surface area contributed by atoms with Crippen molar-refractivity contribution < 1.29 is 14.5 Å². The SMILES string of the molecule is CCCC1CC(=O)N(C(=O)c2cccc(Cl)c2[N+](=O)[O-])C1. The highest BCUT2D eigenvalue weighted by molar-refractivity contribution is 6.33. The van der Waals surface area contributed by atoms with Gasteiger partial charge in [0.25, 0.3) is 5.91 Å². The van der Waals surface area contributed by atoms with Crippen molar-refractivity contribution in [3.8, 4) is 0 Å². The maximum Gasteiger partial charge on any atom is 0.300 e. The molecule has 6 nitrogen and oxygen atoms in total. The van der Waals surface area contributed by atoms with E-state index in [2.05, 4.69) is 0 Å². The molecule has 1 fully saturated rings. The Morgan fingerprint density at radius 3 is 2.86 bits per heavy atom. The first-order chi connectivity index (χ1) is 9.95. The zero-order valence-electron chi connectivity index (χ0n) is 11.5. The Morgan fingerprint density at radius 2 is 2.24 bits per heavy atom. The first-order valence-corrected chi connectivity index (χ1v) is 7.11. The van der Waals surface area contributed by atoms with Crippen LogP contribution in [0.15, 0.2) is 18.2 Å². The summed E-state index contributed by atoms with van der Waals surface area (Å²) in [5.41, 5.74) is -0.589. The normalized spacial score (nSPS) is 18.1. The largest absolute Gasteiger partial charge is 0.300 e. The molecule has 0 spiro atoms. The molecule has 0 saturated carbocycles. The number of nitrogens with zero attached hydrogens (tertiary/aromatic N) is 2. The number of hydrogen-bond acceptors (Lipinski definition) is 4. The molecule has 0 radical (unpaired) electrons. The number of nitro benzene ring substituents is 1. The lowest BCUT2D eigenvalue weighted by molar-refractivity contribution is -0.385. The number of carbonyl (C=O) groups is 2. The molecule has 0 aromatic heterocycles. The molecule has 0 bridgehead atoms. The van der Waals surface area contributed by atoms with Gasteiger partial charge in [-0.25, -0.2) is 0 Å². The zero-order chi connectivity index (χ0) is 15.6. The average Bonchev–Trinajstić information content (AvgIpc) is 2.78. The molecule has 1 atom stereocenters. The minimum Gasteiger partial charge on any atom is -0.278 e. The maximum absolute atomic E-state index is 12.4. The Hall–Kier alpha value is -1.95. The van der Waals surface area contributed by atoms with Gasteiger partial charge in [-0.15, -0.1) is 0 Å². The highest BCUT2D eigenvalue weighted by Crippen LogP contribution is 2.31. The molecule has 21 heavy (non-hydrogen) atoms. The average molecular weight is 311 g/mol. The molecule has 1 saturated heterocycles. The van der Waals surface area contributed by atoms with Gasteiger partial charge in [-0.1, -0.05) is 31.0 Å². The summed E-state index contributed by atoms with van der Waals surface area (Å²) in [6, 6.07) is 4.14. The van der Waals surface area contributed by atoms with Crippen LogP contribution in [0, 0.1) is 16.0 Å². The molecule has 1 unspecified atom stereocenters. The van der Waals surface area contributed by atoms with Crippen LogP contribution in [0.2, 0.25) is 5.02 Å². The fourth-order valence-electron chi connectivity index (χ4n) is 2.60. The van der Waals surface area contributed by atoms with Crippen molar-refractivity contribution in [1.82, 2.24) is 4.90 Å². The molecule has 7 heteroatoms. The number of hydrogen-bond donors (Lipinski definition) is 0. The summed E-state index contributed by atoms with van der Waals surface area (Å²) in [7, 11) is 0. The van der Waals surface area contributed by atoms with E-state index < -0.39 is 16.5 Å². The molecule has 112 valence electrons. The van der Waals surface area contributed by atoms with E-state index in [1.54, 1.807) is 0 Å². The first-order valence-electron chi connectivity index (χ1n) is 6.73. The predicted molar refractivity (Wildman–Crippen MR) is 77.2 cm³/mol. The van der Waals surface area contributed by atoms with Gasteiger partial charge in [-0.2, -0.15) is 0 Å². The maximum atomic E-state index is 12.4. The van der Waals surface area contributed by atoms with E-state index in [9.17, 15) is 19.7 Å². The molecule has 0 N–H and O–H groups in total. The molecule has 2 amide bonds. The fourth-order valence-corrected chi connectivity index (χ4v) is 2.84. The summed E-state index contributed by atoms with van der Waals surface area (Å²) >= 11 is 5.79. The number of nitro groups is 1. The molecular weight excluding hydrogens is 296 g/mol. The Balaban J connectivity index is 2.31. The lowest BCUT2D eigenvalue weighted by atomic mass is 10.0. The van der Waals surface area contributed by atoms with Crippen molar-refractivity contribution in [2.45, 2.75) is 26.2 Å². The van der Waals surface area contributed by atoms with Crippen molar-refractivity contribution in [3.63, 3.8) is 0 Å². The van der Waals surface area contributed by atoms with Crippen LogP contribution in [0.3, 0.4) is 0 Å². The van der Waals surface area contributed by atoms with E-state index in [1.165, 1.54) is 18.2 Å². The number of carbonyl (C=O) groups excluding carboxylic acids is 2. The van der Waals surface area contributed by atoms with Crippen LogP contribution >= 0.6 is 11.6 Å². The number of halogens is 1. The Bertz CT molecular complexity index is 603. The number of para-hydroxylation sites is 1. The summed E-state index contributed by atoms with van der Waals surface area (Å²) in [6.07, 6.45) is 2.10. The van der Waals surface area contributed by atoms with E-state index >= 15 is 0 Å². The van der Waals surface area contributed by atoms with E-state index in [0.717, 1.165) is 17.7 Å². The second-order valence-corrected chi connectivity index (χ2v) is 5.47. The lowest BCUT2D eigenvalue weighted by Crippen LogP contribution is -2.32. The standard InChI is InChI=1S/C14H15ClN2O4/c1-2-4-9-7-12(18)16(8-9)14(19)10-5-3-6-11(15)13(10)17(20)21/h3,5-6,9H,2,4,7-8H2,1H3. The van der Waals surface area contributed by atoms with Crippen molar-refractivity contribution >= 4 is 29.1 Å². The van der Waals surface area contributed by atoms with Gasteiger partial charge in [0.15, 0.2) is 0 Å². The Morgan fingerprint density at radius 1 is 1.52 bits per heavy atom. The second kappa shape index (κ2) is 6.22. The lowest BCUT2D eigenvalue weighted by Gasteiger charge is -2.15. The summed E-state index contributed by atoms with van der Waals surface area (Å²) in [5.74, 6) is -0.801. The van der Waals surface area contributed by atoms with Gasteiger partial charge < -0.3 is 0 Å². The quantitative estimate of drug-likeness (QED) is 0.486. The van der Waals surface area contributed by atoms with Crippen LogP contribution < -0.4 is 0 Å². The summed E-state index contributed by atoms with van der Waals surface area (Å²) in [4.78, 5) is 35.8. The number of benzene rings is 1. The Labute approximate surface area is 126 Å². The summed E-state index contributed by atoms with van der Waals surface area (Å²) in [6.45, 7) is 2.33. The third-order valence-corrected chi connectivity index (χ3v) is 3.85. The van der Waals surface area contributed by atoms with Crippen LogP contribution in [-0.2, 0) is 4.79 Å². The van der Waals surface area contributed by atoms with Crippen molar-refractivity contribution in [3.05, 3.63) is 38.9 Å². The molecule has 1 aliphatic heterocycles. The van der Waals surface area contributed by atoms with Gasteiger partial charge in [0.2, 0.25) is 5.91 Å². The van der Waals surface area contributed by atoms with Gasteiger partial charge >= 0.3 is 5.69 Å². The summed E-state index contributed by atoms with van der Waals surface area (Å²) < 4.78 is 0. The Kier molecular flexibility index (Phi) is 4.57. The fraction of sp³-hybridized carbons (Fsp3) is 0.429. The van der Waals surface area contributed by atoms with Gasteiger partial charge in [0.1, 0.15) is 10.6 Å². The zero-order valence-corrected chi connectivity index (χ0v) is 12.3. The van der Waals surface area contributed by atoms with Crippen molar-refractivity contribution in [2.75, 3.05) is 6.54 Å². The number of likely N-dealkylation sites (tertiary alicyclic amines) is 1. The van der Waals surface area contributed by atoms with E-state index in [0.29, 0.717) is 13.0 Å². The van der Waals surface area contributed by atoms with Gasteiger partial charge in [0, 0.05) is 13.0 Å². The van der Waals surface area contributed by atoms with Crippen LogP contribution in [0.5, 0.6) is 0 Å². The molecule has 1 aliphatic rings. The smallest absolute Gasteiger partial charge is 0.278 e. The third kappa shape index (κ3) is 3.05. The highest BCUT2D eigenvalue weighted by atomic mass is 35.5. The number of imide groups is 1. The van der Waals surface area contributed by atoms with Gasteiger partial charge in [-0.05, 0) is 24.5 Å². The van der Waals surface area contributed by atoms with E-state index in [4.69, 9.17) is 11.6 Å². The molecule has 1 heterocycles. The number of rotatable bonds is 4.